The van der Waals surface area contributed by atoms with Crippen molar-refractivity contribution < 1.29 is 4.42 Å². The zero-order chi connectivity index (χ0) is 15.5. The lowest BCUT2D eigenvalue weighted by molar-refractivity contribution is 0.561. The number of anilines is 2. The number of halogens is 2. The second-order valence-electron chi connectivity index (χ2n) is 4.48. The average Bonchev–Trinajstić information content (AvgIpc) is 2.50. The molecule has 110 valence electrons. The van der Waals surface area contributed by atoms with Gasteiger partial charge in [-0.3, -0.25) is 4.79 Å². The van der Waals surface area contributed by atoms with Crippen LogP contribution in [0.3, 0.4) is 0 Å². The van der Waals surface area contributed by atoms with Crippen LogP contribution < -0.4 is 10.9 Å². The van der Waals surface area contributed by atoms with Crippen molar-refractivity contribution >= 4 is 34.9 Å². The lowest BCUT2D eigenvalue weighted by Crippen LogP contribution is -2.07. The van der Waals surface area contributed by atoms with Gasteiger partial charge in [0.05, 0.1) is 10.7 Å². The summed E-state index contributed by atoms with van der Waals surface area (Å²) in [4.78, 5) is 15.6. The van der Waals surface area contributed by atoms with Crippen LogP contribution in [0.2, 0.25) is 10.0 Å². The van der Waals surface area contributed by atoms with Crippen LogP contribution in [0.25, 0.3) is 11.3 Å². The van der Waals surface area contributed by atoms with Gasteiger partial charge >= 0.3 is 6.01 Å². The third-order valence-electron chi connectivity index (χ3n) is 2.92. The molecule has 0 radical (unpaired) electrons. The molecule has 3 aromatic rings. The van der Waals surface area contributed by atoms with Crippen LogP contribution in [-0.4, -0.2) is 4.98 Å². The Kier molecular flexibility index (Phi) is 4.13. The van der Waals surface area contributed by atoms with Crippen LogP contribution >= 0.6 is 23.2 Å². The van der Waals surface area contributed by atoms with E-state index in [1.165, 1.54) is 6.07 Å². The molecule has 1 N–H and O–H groups in total. The first kappa shape index (κ1) is 14.6. The van der Waals surface area contributed by atoms with Crippen LogP contribution in [-0.2, 0) is 0 Å². The van der Waals surface area contributed by atoms with E-state index in [2.05, 4.69) is 10.3 Å². The Hall–Kier alpha value is -2.30. The molecule has 0 aliphatic carbocycles. The van der Waals surface area contributed by atoms with Gasteiger partial charge in [0, 0.05) is 16.7 Å². The standard InChI is InChI=1S/C16H10Cl2N2O2/c17-11-7-5-10(6-8-11)14-9-15(21)20-16(22-14)19-13-4-2-1-3-12(13)18/h1-9H,(H,19,20,21). The van der Waals surface area contributed by atoms with Crippen molar-refractivity contribution in [2.45, 2.75) is 0 Å². The summed E-state index contributed by atoms with van der Waals surface area (Å²) in [6.07, 6.45) is 0. The highest BCUT2D eigenvalue weighted by molar-refractivity contribution is 6.33. The minimum absolute atomic E-state index is 0.0746. The molecule has 0 aliphatic heterocycles. The quantitative estimate of drug-likeness (QED) is 0.751. The van der Waals surface area contributed by atoms with Crippen molar-refractivity contribution in [3.05, 3.63) is 75.0 Å². The summed E-state index contributed by atoms with van der Waals surface area (Å²) in [6, 6.07) is 15.5. The van der Waals surface area contributed by atoms with Crippen LogP contribution in [0.15, 0.2) is 63.8 Å². The van der Waals surface area contributed by atoms with E-state index in [-0.39, 0.29) is 6.01 Å². The zero-order valence-corrected chi connectivity index (χ0v) is 12.7. The molecule has 22 heavy (non-hydrogen) atoms. The van der Waals surface area contributed by atoms with Crippen molar-refractivity contribution in [1.82, 2.24) is 4.98 Å². The van der Waals surface area contributed by atoms with Crippen molar-refractivity contribution in [2.24, 2.45) is 0 Å². The van der Waals surface area contributed by atoms with E-state index in [4.69, 9.17) is 27.6 Å². The van der Waals surface area contributed by atoms with Crippen molar-refractivity contribution in [2.75, 3.05) is 5.32 Å². The second-order valence-corrected chi connectivity index (χ2v) is 5.32. The van der Waals surface area contributed by atoms with Gasteiger partial charge in [-0.25, -0.2) is 0 Å². The number of benzene rings is 2. The summed E-state index contributed by atoms with van der Waals surface area (Å²) < 4.78 is 5.62. The maximum Gasteiger partial charge on any atom is 0.303 e. The largest absolute Gasteiger partial charge is 0.425 e. The topological polar surface area (TPSA) is 55.1 Å². The fourth-order valence-corrected chi connectivity index (χ4v) is 2.20. The first-order chi connectivity index (χ1) is 10.6. The highest BCUT2D eigenvalue weighted by Gasteiger charge is 2.08. The van der Waals surface area contributed by atoms with Crippen molar-refractivity contribution in [3.8, 4) is 11.3 Å². The van der Waals surface area contributed by atoms with Gasteiger partial charge in [0.2, 0.25) is 0 Å². The smallest absolute Gasteiger partial charge is 0.303 e. The molecule has 0 bridgehead atoms. The van der Waals surface area contributed by atoms with Crippen LogP contribution in [0.1, 0.15) is 0 Å². The Bertz CT molecular complexity index is 861. The summed E-state index contributed by atoms with van der Waals surface area (Å²) >= 11 is 11.9. The molecule has 0 amide bonds. The van der Waals surface area contributed by atoms with Gasteiger partial charge in [-0.2, -0.15) is 4.98 Å². The minimum atomic E-state index is -0.411. The molecule has 1 heterocycles. The van der Waals surface area contributed by atoms with Crippen LogP contribution in [0.4, 0.5) is 11.7 Å². The molecule has 0 saturated carbocycles. The van der Waals surface area contributed by atoms with E-state index < -0.39 is 5.56 Å². The molecule has 3 rings (SSSR count). The fourth-order valence-electron chi connectivity index (χ4n) is 1.89. The molecule has 0 aliphatic rings. The average molecular weight is 333 g/mol. The maximum atomic E-state index is 11.8. The fraction of sp³-hybridized carbons (Fsp3) is 0. The van der Waals surface area contributed by atoms with Gasteiger partial charge in [-0.15, -0.1) is 0 Å². The van der Waals surface area contributed by atoms with Gasteiger partial charge in [-0.1, -0.05) is 35.3 Å². The molecule has 0 atom stereocenters. The number of nitrogens with one attached hydrogen (secondary N) is 1. The Labute approximate surface area is 136 Å². The molecule has 0 saturated heterocycles. The molecular formula is C16H10Cl2N2O2. The Morgan fingerprint density at radius 3 is 2.45 bits per heavy atom. The monoisotopic (exact) mass is 332 g/mol. The highest BCUT2D eigenvalue weighted by Crippen LogP contribution is 2.26. The predicted molar refractivity (Wildman–Crippen MR) is 88.0 cm³/mol. The van der Waals surface area contributed by atoms with Gasteiger partial charge in [-0.05, 0) is 36.4 Å². The number of aromatic nitrogens is 1. The minimum Gasteiger partial charge on any atom is -0.425 e. The number of rotatable bonds is 3. The van der Waals surface area contributed by atoms with Crippen molar-refractivity contribution in [3.63, 3.8) is 0 Å². The number of nitrogens with zero attached hydrogens (tertiary/aromatic N) is 1. The van der Waals surface area contributed by atoms with E-state index in [9.17, 15) is 4.79 Å². The van der Waals surface area contributed by atoms with Gasteiger partial charge < -0.3 is 9.73 Å². The molecule has 6 heteroatoms. The first-order valence-corrected chi connectivity index (χ1v) is 7.17. The molecule has 0 fully saturated rings. The summed E-state index contributed by atoms with van der Waals surface area (Å²) in [5.74, 6) is 0.395. The molecule has 0 unspecified atom stereocenters. The lowest BCUT2D eigenvalue weighted by atomic mass is 10.2. The highest BCUT2D eigenvalue weighted by atomic mass is 35.5. The molecule has 0 spiro atoms. The van der Waals surface area contributed by atoms with Gasteiger partial charge in [0.25, 0.3) is 5.56 Å². The SMILES string of the molecule is O=c1cc(-c2ccc(Cl)cc2)oc(Nc2ccccc2Cl)n1. The molecule has 1 aromatic heterocycles. The summed E-state index contributed by atoms with van der Waals surface area (Å²) in [6.45, 7) is 0. The normalized spacial score (nSPS) is 10.5. The molecule has 2 aromatic carbocycles. The Morgan fingerprint density at radius 1 is 1.00 bits per heavy atom. The van der Waals surface area contributed by atoms with Gasteiger partial charge in [0.1, 0.15) is 5.76 Å². The third kappa shape index (κ3) is 3.30. The number of para-hydroxylation sites is 1. The van der Waals surface area contributed by atoms with E-state index in [1.54, 1.807) is 42.5 Å². The number of hydrogen-bond donors (Lipinski definition) is 1. The van der Waals surface area contributed by atoms with E-state index in [1.807, 2.05) is 6.07 Å². The maximum absolute atomic E-state index is 11.8. The third-order valence-corrected chi connectivity index (χ3v) is 3.50. The lowest BCUT2D eigenvalue weighted by Gasteiger charge is -2.07. The van der Waals surface area contributed by atoms with E-state index in [0.717, 1.165) is 5.56 Å². The summed E-state index contributed by atoms with van der Waals surface area (Å²) in [5, 5.41) is 4.01. The van der Waals surface area contributed by atoms with Crippen LogP contribution in [0, 0.1) is 0 Å². The Balaban J connectivity index is 1.98. The number of hydrogen-bond acceptors (Lipinski definition) is 4. The van der Waals surface area contributed by atoms with E-state index in [0.29, 0.717) is 21.5 Å². The van der Waals surface area contributed by atoms with Crippen molar-refractivity contribution in [1.29, 1.82) is 0 Å². The Morgan fingerprint density at radius 2 is 1.73 bits per heavy atom. The van der Waals surface area contributed by atoms with Gasteiger partial charge in [0.15, 0.2) is 0 Å². The summed E-state index contributed by atoms with van der Waals surface area (Å²) in [5.41, 5.74) is 0.921. The zero-order valence-electron chi connectivity index (χ0n) is 11.2. The molecular weight excluding hydrogens is 323 g/mol. The second kappa shape index (κ2) is 6.22. The predicted octanol–water partition coefficient (Wildman–Crippen LogP) is 4.75. The van der Waals surface area contributed by atoms with E-state index >= 15 is 0 Å². The molecule has 4 nitrogen and oxygen atoms in total. The summed E-state index contributed by atoms with van der Waals surface area (Å²) in [7, 11) is 0. The van der Waals surface area contributed by atoms with Crippen LogP contribution in [0.5, 0.6) is 0 Å². The first-order valence-electron chi connectivity index (χ1n) is 6.41.